The molecule has 0 radical (unpaired) electrons. The highest BCUT2D eigenvalue weighted by atomic mass is 16.5. The Balaban J connectivity index is 1.56. The molecule has 5 rings (SSSR count). The maximum absolute atomic E-state index is 13.5. The molecule has 1 aliphatic carbocycles. The minimum Gasteiger partial charge on any atom is -0.497 e. The number of hydrogen-bond acceptors (Lipinski definition) is 8. The first-order valence-electron chi connectivity index (χ1n) is 11.9. The summed E-state index contributed by atoms with van der Waals surface area (Å²) in [5.74, 6) is -0.761. The molecular weight excluding hydrogens is 490 g/mol. The average Bonchev–Trinajstić information content (AvgIpc) is 3.19. The minimum atomic E-state index is -0.653. The molecule has 1 aliphatic heterocycles. The number of ketones is 2. The number of esters is 1. The van der Waals surface area contributed by atoms with Crippen LogP contribution in [0, 0.1) is 0 Å². The molecule has 0 bridgehead atoms. The van der Waals surface area contributed by atoms with Gasteiger partial charge in [-0.05, 0) is 46.9 Å². The van der Waals surface area contributed by atoms with Crippen LogP contribution >= 0.6 is 0 Å². The van der Waals surface area contributed by atoms with Crippen molar-refractivity contribution in [1.29, 1.82) is 0 Å². The Morgan fingerprint density at radius 2 is 1.71 bits per heavy atom. The summed E-state index contributed by atoms with van der Waals surface area (Å²) in [5, 5.41) is 0.946. The van der Waals surface area contributed by atoms with Crippen molar-refractivity contribution in [1.82, 2.24) is 4.90 Å². The molecule has 9 heteroatoms. The number of carbonyl (C=O) groups excluding carboxylic acids is 4. The number of amides is 1. The zero-order valence-electron chi connectivity index (χ0n) is 21.4. The summed E-state index contributed by atoms with van der Waals surface area (Å²) in [6, 6.07) is 10.5. The van der Waals surface area contributed by atoms with Crippen LogP contribution in [0.2, 0.25) is 0 Å². The van der Waals surface area contributed by atoms with E-state index in [2.05, 4.69) is 0 Å². The molecule has 1 heterocycles. The van der Waals surface area contributed by atoms with Gasteiger partial charge in [0, 0.05) is 37.0 Å². The van der Waals surface area contributed by atoms with E-state index in [9.17, 15) is 19.2 Å². The summed E-state index contributed by atoms with van der Waals surface area (Å²) in [6.45, 7) is 1.60. The van der Waals surface area contributed by atoms with E-state index in [-0.39, 0.29) is 48.1 Å². The average molecular weight is 516 g/mol. The van der Waals surface area contributed by atoms with E-state index in [4.69, 9.17) is 18.9 Å². The van der Waals surface area contributed by atoms with Gasteiger partial charge in [-0.1, -0.05) is 12.1 Å². The highest BCUT2D eigenvalue weighted by Crippen LogP contribution is 2.44. The van der Waals surface area contributed by atoms with E-state index in [0.717, 1.165) is 11.3 Å². The predicted octanol–water partition coefficient (Wildman–Crippen LogP) is 3.89. The van der Waals surface area contributed by atoms with E-state index in [0.29, 0.717) is 27.6 Å². The summed E-state index contributed by atoms with van der Waals surface area (Å²) in [4.78, 5) is 53.3. The van der Waals surface area contributed by atoms with Crippen LogP contribution in [0.1, 0.15) is 49.1 Å². The second-order valence-electron chi connectivity index (χ2n) is 9.12. The van der Waals surface area contributed by atoms with Gasteiger partial charge in [0.2, 0.25) is 0 Å². The molecule has 0 saturated heterocycles. The van der Waals surface area contributed by atoms with Crippen molar-refractivity contribution >= 4 is 34.2 Å². The number of fused-ring (bicyclic) bond motifs is 4. The molecule has 2 aliphatic rings. The number of hydrogen-bond donors (Lipinski definition) is 0. The molecule has 0 N–H and O–H groups in total. The molecule has 0 unspecified atom stereocenters. The second kappa shape index (κ2) is 9.75. The fourth-order valence-corrected chi connectivity index (χ4v) is 4.89. The number of carbonyl (C=O) groups is 4. The molecule has 0 fully saturated rings. The van der Waals surface area contributed by atoms with Crippen LogP contribution < -0.4 is 14.2 Å². The molecular formula is C29H25NO8. The van der Waals surface area contributed by atoms with Gasteiger partial charge < -0.3 is 23.8 Å². The van der Waals surface area contributed by atoms with Crippen molar-refractivity contribution in [3.8, 4) is 17.2 Å². The highest BCUT2D eigenvalue weighted by molar-refractivity contribution is 6.28. The van der Waals surface area contributed by atoms with Crippen molar-refractivity contribution in [3.63, 3.8) is 0 Å². The molecule has 0 aromatic heterocycles. The first-order valence-corrected chi connectivity index (χ1v) is 11.9. The number of nitrogens with zero attached hydrogens (tertiary/aromatic N) is 1. The fourth-order valence-electron chi connectivity index (χ4n) is 4.89. The van der Waals surface area contributed by atoms with Gasteiger partial charge in [-0.25, -0.2) is 0 Å². The molecule has 194 valence electrons. The zero-order valence-corrected chi connectivity index (χ0v) is 21.4. The van der Waals surface area contributed by atoms with E-state index >= 15 is 0 Å². The molecule has 1 amide bonds. The second-order valence-corrected chi connectivity index (χ2v) is 9.12. The van der Waals surface area contributed by atoms with Gasteiger partial charge in [0.05, 0.1) is 38.6 Å². The molecule has 0 saturated carbocycles. The SMILES string of the molecule is COc1ccc(COCC2=CC(=O)c3c(cc4cc(OC)c5c(c4c3OC(C)=O)CN(C)C5=O)C2=O)cc1. The fraction of sp³-hybridized carbons (Fsp3) is 0.241. The zero-order chi connectivity index (χ0) is 27.1. The van der Waals surface area contributed by atoms with Crippen LogP contribution in [0.15, 0.2) is 48.0 Å². The van der Waals surface area contributed by atoms with Gasteiger partial charge in [0.1, 0.15) is 11.5 Å². The first kappa shape index (κ1) is 25.2. The molecule has 9 nitrogen and oxygen atoms in total. The van der Waals surface area contributed by atoms with E-state index in [1.165, 1.54) is 25.0 Å². The monoisotopic (exact) mass is 515 g/mol. The van der Waals surface area contributed by atoms with Gasteiger partial charge in [0.25, 0.3) is 5.91 Å². The van der Waals surface area contributed by atoms with Crippen molar-refractivity contribution < 1.29 is 38.1 Å². The Hall–Kier alpha value is -4.50. The van der Waals surface area contributed by atoms with Crippen LogP contribution in [-0.4, -0.2) is 56.2 Å². The third-order valence-electron chi connectivity index (χ3n) is 6.64. The number of methoxy groups -OCH3 is 2. The van der Waals surface area contributed by atoms with Crippen molar-refractivity contribution in [2.24, 2.45) is 0 Å². The number of benzene rings is 3. The number of Topliss-reactive ketones (excluding diaryl/α,β-unsaturated/α-hetero) is 1. The Bertz CT molecular complexity index is 1550. The maximum atomic E-state index is 13.5. The minimum absolute atomic E-state index is 0.00836. The van der Waals surface area contributed by atoms with E-state index in [1.807, 2.05) is 24.3 Å². The largest absolute Gasteiger partial charge is 0.497 e. The summed E-state index contributed by atoms with van der Waals surface area (Å²) >= 11 is 0. The Kier molecular flexibility index (Phi) is 6.46. The van der Waals surface area contributed by atoms with Crippen LogP contribution in [0.4, 0.5) is 0 Å². The van der Waals surface area contributed by atoms with Gasteiger partial charge in [0.15, 0.2) is 17.3 Å². The lowest BCUT2D eigenvalue weighted by molar-refractivity contribution is -0.131. The third kappa shape index (κ3) is 4.20. The molecule has 3 aromatic carbocycles. The summed E-state index contributed by atoms with van der Waals surface area (Å²) in [6.07, 6.45) is 1.22. The van der Waals surface area contributed by atoms with Gasteiger partial charge in [-0.3, -0.25) is 19.2 Å². The number of allylic oxidation sites excluding steroid dienone is 1. The summed E-state index contributed by atoms with van der Waals surface area (Å²) < 4.78 is 21.9. The topological polar surface area (TPSA) is 108 Å². The first-order chi connectivity index (χ1) is 18.2. The Labute approximate surface area is 218 Å². The van der Waals surface area contributed by atoms with Gasteiger partial charge >= 0.3 is 5.97 Å². The molecule has 3 aromatic rings. The van der Waals surface area contributed by atoms with Crippen molar-refractivity contribution in [2.45, 2.75) is 20.1 Å². The lowest BCUT2D eigenvalue weighted by Gasteiger charge is -2.21. The summed E-state index contributed by atoms with van der Waals surface area (Å²) in [5.41, 5.74) is 2.07. The third-order valence-corrected chi connectivity index (χ3v) is 6.64. The maximum Gasteiger partial charge on any atom is 0.308 e. The normalized spacial score (nSPS) is 14.4. The van der Waals surface area contributed by atoms with Crippen LogP contribution in [0.5, 0.6) is 17.2 Å². The number of ether oxygens (including phenoxy) is 4. The van der Waals surface area contributed by atoms with E-state index < -0.39 is 17.5 Å². The molecule has 0 spiro atoms. The number of rotatable bonds is 7. The quantitative estimate of drug-likeness (QED) is 0.345. The van der Waals surface area contributed by atoms with Crippen LogP contribution in [0.25, 0.3) is 10.8 Å². The molecule has 0 atom stereocenters. The van der Waals surface area contributed by atoms with Gasteiger partial charge in [-0.15, -0.1) is 0 Å². The van der Waals surface area contributed by atoms with Crippen molar-refractivity contribution in [3.05, 3.63) is 75.9 Å². The predicted molar refractivity (Wildman–Crippen MR) is 137 cm³/mol. The van der Waals surface area contributed by atoms with Gasteiger partial charge in [-0.2, -0.15) is 0 Å². The van der Waals surface area contributed by atoms with Crippen LogP contribution in [-0.2, 0) is 22.7 Å². The highest BCUT2D eigenvalue weighted by Gasteiger charge is 2.36. The molecule has 38 heavy (non-hydrogen) atoms. The van der Waals surface area contributed by atoms with E-state index in [1.54, 1.807) is 26.3 Å². The lowest BCUT2D eigenvalue weighted by Crippen LogP contribution is -2.22. The smallest absolute Gasteiger partial charge is 0.308 e. The lowest BCUT2D eigenvalue weighted by atomic mass is 9.85. The van der Waals surface area contributed by atoms with Crippen LogP contribution in [0.3, 0.4) is 0 Å². The van der Waals surface area contributed by atoms with Crippen molar-refractivity contribution in [2.75, 3.05) is 27.9 Å². The Morgan fingerprint density at radius 3 is 2.37 bits per heavy atom. The Morgan fingerprint density at radius 1 is 0.974 bits per heavy atom. The standard InChI is InChI=1S/C29H25NO8/c1-15(31)38-28-24-17(11-23(36-4)26-21(24)12-30(2)29(26)34)9-20-25(28)22(32)10-18(27(20)33)14-37-13-16-5-7-19(35-3)8-6-16/h5-11H,12-14H2,1-4H3. The summed E-state index contributed by atoms with van der Waals surface area (Å²) in [7, 11) is 4.68.